The number of rotatable bonds is 5. The van der Waals surface area contributed by atoms with Crippen LogP contribution >= 0.6 is 11.3 Å². The molecule has 0 aliphatic heterocycles. The summed E-state index contributed by atoms with van der Waals surface area (Å²) in [7, 11) is 0. The number of para-hydroxylation sites is 2. The van der Waals surface area contributed by atoms with Gasteiger partial charge in [0.05, 0.1) is 17.6 Å². The third kappa shape index (κ3) is 2.49. The first-order valence-corrected chi connectivity index (χ1v) is 7.90. The molecule has 0 aliphatic carbocycles. The Labute approximate surface area is 123 Å². The van der Waals surface area contributed by atoms with Gasteiger partial charge in [-0.25, -0.2) is 4.98 Å². The van der Waals surface area contributed by atoms with E-state index in [-0.39, 0.29) is 0 Å². The largest absolute Gasteiger partial charge is 0.327 e. The predicted molar refractivity (Wildman–Crippen MR) is 85.0 cm³/mol. The molecule has 0 atom stereocenters. The van der Waals surface area contributed by atoms with Crippen LogP contribution in [0.5, 0.6) is 0 Å². The number of aromatic nitrogens is 2. The quantitative estimate of drug-likeness (QED) is 0.774. The highest BCUT2D eigenvalue weighted by molar-refractivity contribution is 7.08. The number of hydrogen-bond donors (Lipinski definition) is 1. The SMILES string of the molecule is CCn1c(CNCc2cscc2C)nc2ccccc21. The van der Waals surface area contributed by atoms with Gasteiger partial charge in [0.1, 0.15) is 5.82 Å². The molecule has 0 amide bonds. The highest BCUT2D eigenvalue weighted by Crippen LogP contribution is 2.16. The molecule has 2 heterocycles. The normalized spacial score (nSPS) is 11.3. The molecular formula is C16H19N3S. The highest BCUT2D eigenvalue weighted by Gasteiger charge is 2.08. The van der Waals surface area contributed by atoms with Crippen molar-refractivity contribution in [3.8, 4) is 0 Å². The molecule has 104 valence electrons. The number of fused-ring (bicyclic) bond motifs is 1. The van der Waals surface area contributed by atoms with Gasteiger partial charge in [-0.05, 0) is 47.9 Å². The Morgan fingerprint density at radius 3 is 2.80 bits per heavy atom. The average molecular weight is 285 g/mol. The van der Waals surface area contributed by atoms with Crippen LogP contribution in [0.15, 0.2) is 35.0 Å². The van der Waals surface area contributed by atoms with Crippen LogP contribution in [-0.4, -0.2) is 9.55 Å². The molecule has 4 heteroatoms. The molecule has 3 aromatic rings. The second-order valence-corrected chi connectivity index (χ2v) is 5.69. The van der Waals surface area contributed by atoms with Crippen LogP contribution in [0.4, 0.5) is 0 Å². The van der Waals surface area contributed by atoms with E-state index < -0.39 is 0 Å². The first-order chi connectivity index (χ1) is 9.79. The van der Waals surface area contributed by atoms with E-state index in [1.165, 1.54) is 16.6 Å². The molecule has 0 saturated heterocycles. The van der Waals surface area contributed by atoms with Gasteiger partial charge in [-0.15, -0.1) is 0 Å². The summed E-state index contributed by atoms with van der Waals surface area (Å²) >= 11 is 1.76. The number of benzene rings is 1. The van der Waals surface area contributed by atoms with Crippen molar-refractivity contribution in [1.82, 2.24) is 14.9 Å². The summed E-state index contributed by atoms with van der Waals surface area (Å²) in [5.74, 6) is 1.11. The fraction of sp³-hybridized carbons (Fsp3) is 0.312. The van der Waals surface area contributed by atoms with Crippen LogP contribution in [0, 0.1) is 6.92 Å². The standard InChI is InChI=1S/C16H19N3S/c1-3-19-15-7-5-4-6-14(15)18-16(19)9-17-8-13-11-20-10-12(13)2/h4-7,10-11,17H,3,8-9H2,1-2H3. The molecule has 0 radical (unpaired) electrons. The van der Waals surface area contributed by atoms with E-state index in [1.54, 1.807) is 11.3 Å². The molecule has 0 unspecified atom stereocenters. The number of nitrogens with one attached hydrogen (secondary N) is 1. The zero-order valence-electron chi connectivity index (χ0n) is 11.9. The minimum atomic E-state index is 0.803. The first-order valence-electron chi connectivity index (χ1n) is 6.96. The fourth-order valence-corrected chi connectivity index (χ4v) is 3.35. The summed E-state index contributed by atoms with van der Waals surface area (Å²) < 4.78 is 2.28. The number of hydrogen-bond acceptors (Lipinski definition) is 3. The molecule has 0 saturated carbocycles. The number of imidazole rings is 1. The van der Waals surface area contributed by atoms with Crippen molar-refractivity contribution in [1.29, 1.82) is 0 Å². The molecule has 0 bridgehead atoms. The molecule has 0 aliphatic rings. The van der Waals surface area contributed by atoms with Crippen LogP contribution in [-0.2, 0) is 19.6 Å². The van der Waals surface area contributed by atoms with Gasteiger partial charge < -0.3 is 9.88 Å². The van der Waals surface area contributed by atoms with Gasteiger partial charge in [0.25, 0.3) is 0 Å². The Morgan fingerprint density at radius 1 is 1.20 bits per heavy atom. The van der Waals surface area contributed by atoms with E-state index in [0.717, 1.165) is 31.0 Å². The topological polar surface area (TPSA) is 29.9 Å². The van der Waals surface area contributed by atoms with E-state index in [0.29, 0.717) is 0 Å². The lowest BCUT2D eigenvalue weighted by molar-refractivity contribution is 0.620. The van der Waals surface area contributed by atoms with E-state index in [9.17, 15) is 0 Å². The minimum Gasteiger partial charge on any atom is -0.327 e. The molecule has 1 N–H and O–H groups in total. The van der Waals surface area contributed by atoms with Crippen LogP contribution < -0.4 is 5.32 Å². The van der Waals surface area contributed by atoms with Crippen molar-refractivity contribution in [2.24, 2.45) is 0 Å². The maximum Gasteiger partial charge on any atom is 0.123 e. The molecule has 2 aromatic heterocycles. The summed E-state index contributed by atoms with van der Waals surface area (Å²) in [4.78, 5) is 4.73. The summed E-state index contributed by atoms with van der Waals surface area (Å²) in [6.45, 7) is 6.99. The number of nitrogens with zero attached hydrogens (tertiary/aromatic N) is 2. The van der Waals surface area contributed by atoms with Gasteiger partial charge in [-0.1, -0.05) is 12.1 Å². The number of aryl methyl sites for hydroxylation is 2. The van der Waals surface area contributed by atoms with Crippen molar-refractivity contribution < 1.29 is 0 Å². The Balaban J connectivity index is 1.75. The third-order valence-corrected chi connectivity index (χ3v) is 4.52. The van der Waals surface area contributed by atoms with Crippen molar-refractivity contribution in [2.45, 2.75) is 33.5 Å². The van der Waals surface area contributed by atoms with Gasteiger partial charge in [-0.2, -0.15) is 11.3 Å². The zero-order chi connectivity index (χ0) is 13.9. The molecular weight excluding hydrogens is 266 g/mol. The molecule has 20 heavy (non-hydrogen) atoms. The van der Waals surface area contributed by atoms with Gasteiger partial charge in [0.15, 0.2) is 0 Å². The molecule has 3 rings (SSSR count). The van der Waals surface area contributed by atoms with Crippen LogP contribution in [0.25, 0.3) is 11.0 Å². The van der Waals surface area contributed by atoms with E-state index >= 15 is 0 Å². The lowest BCUT2D eigenvalue weighted by Crippen LogP contribution is -2.16. The smallest absolute Gasteiger partial charge is 0.123 e. The number of thiophene rings is 1. The molecule has 0 spiro atoms. The van der Waals surface area contributed by atoms with Gasteiger partial charge in [-0.3, -0.25) is 0 Å². The Kier molecular flexibility index (Phi) is 3.85. The molecule has 0 fully saturated rings. The molecule has 3 nitrogen and oxygen atoms in total. The lowest BCUT2D eigenvalue weighted by Gasteiger charge is -2.07. The van der Waals surface area contributed by atoms with E-state index in [1.807, 2.05) is 6.07 Å². The predicted octanol–water partition coefficient (Wildman–Crippen LogP) is 3.72. The van der Waals surface area contributed by atoms with Gasteiger partial charge in [0.2, 0.25) is 0 Å². The van der Waals surface area contributed by atoms with Gasteiger partial charge >= 0.3 is 0 Å². The van der Waals surface area contributed by atoms with Gasteiger partial charge in [0, 0.05) is 13.1 Å². The summed E-state index contributed by atoms with van der Waals surface area (Å²) in [6.07, 6.45) is 0. The Hall–Kier alpha value is -1.65. The van der Waals surface area contributed by atoms with Crippen molar-refractivity contribution >= 4 is 22.4 Å². The van der Waals surface area contributed by atoms with Crippen molar-refractivity contribution in [3.05, 3.63) is 52.0 Å². The second-order valence-electron chi connectivity index (χ2n) is 4.94. The van der Waals surface area contributed by atoms with Crippen LogP contribution in [0.3, 0.4) is 0 Å². The monoisotopic (exact) mass is 285 g/mol. The third-order valence-electron chi connectivity index (χ3n) is 3.61. The van der Waals surface area contributed by atoms with E-state index in [4.69, 9.17) is 4.98 Å². The van der Waals surface area contributed by atoms with E-state index in [2.05, 4.69) is 52.7 Å². The fourth-order valence-electron chi connectivity index (χ4n) is 2.49. The van der Waals surface area contributed by atoms with Crippen LogP contribution in [0.2, 0.25) is 0 Å². The lowest BCUT2D eigenvalue weighted by atomic mass is 10.2. The average Bonchev–Trinajstić information content (AvgIpc) is 3.02. The zero-order valence-corrected chi connectivity index (χ0v) is 12.7. The van der Waals surface area contributed by atoms with Crippen molar-refractivity contribution in [3.63, 3.8) is 0 Å². The first kappa shape index (κ1) is 13.3. The Bertz CT molecular complexity index is 711. The van der Waals surface area contributed by atoms with Crippen LogP contribution in [0.1, 0.15) is 23.9 Å². The maximum atomic E-state index is 4.73. The summed E-state index contributed by atoms with van der Waals surface area (Å²) in [5.41, 5.74) is 5.05. The maximum absolute atomic E-state index is 4.73. The highest BCUT2D eigenvalue weighted by atomic mass is 32.1. The summed E-state index contributed by atoms with van der Waals surface area (Å²) in [6, 6.07) is 8.33. The van der Waals surface area contributed by atoms with Crippen molar-refractivity contribution in [2.75, 3.05) is 0 Å². The molecule has 1 aromatic carbocycles. The minimum absolute atomic E-state index is 0.803. The summed E-state index contributed by atoms with van der Waals surface area (Å²) in [5, 5.41) is 7.91. The second kappa shape index (κ2) is 5.77. The Morgan fingerprint density at radius 2 is 2.05 bits per heavy atom.